The summed E-state index contributed by atoms with van der Waals surface area (Å²) in [5.74, 6) is 1.49. The minimum Gasteiger partial charge on any atom is -0.384 e. The number of pyridine rings is 1. The summed E-state index contributed by atoms with van der Waals surface area (Å²) < 4.78 is 2.42. The van der Waals surface area contributed by atoms with Gasteiger partial charge in [-0.3, -0.25) is 20.0 Å². The fourth-order valence-electron chi connectivity index (χ4n) is 8.29. The van der Waals surface area contributed by atoms with E-state index in [9.17, 15) is 4.79 Å². The highest BCUT2D eigenvalue weighted by atomic mass is 16.2. The van der Waals surface area contributed by atoms with E-state index in [0.717, 1.165) is 79.0 Å². The van der Waals surface area contributed by atoms with Gasteiger partial charge in [0.05, 0.1) is 17.6 Å². The lowest BCUT2D eigenvalue weighted by molar-refractivity contribution is 0.0984. The Kier molecular flexibility index (Phi) is 11.5. The summed E-state index contributed by atoms with van der Waals surface area (Å²) in [7, 11) is 0. The van der Waals surface area contributed by atoms with E-state index in [4.69, 9.17) is 21.9 Å². The van der Waals surface area contributed by atoms with Gasteiger partial charge in [-0.2, -0.15) is 0 Å². The number of nitrogen functional groups attached to an aromatic ring is 1. The molecule has 3 heterocycles. The number of rotatable bonds is 14. The van der Waals surface area contributed by atoms with Crippen LogP contribution in [0.4, 0.5) is 5.82 Å². The molecule has 1 fully saturated rings. The van der Waals surface area contributed by atoms with Crippen molar-refractivity contribution in [1.29, 1.82) is 5.41 Å². The van der Waals surface area contributed by atoms with E-state index in [1.807, 2.05) is 78.9 Å². The van der Waals surface area contributed by atoms with Crippen molar-refractivity contribution < 1.29 is 4.79 Å². The maximum Gasteiger partial charge on any atom is 0.259 e. The molecule has 0 aliphatic carbocycles. The van der Waals surface area contributed by atoms with E-state index in [0.29, 0.717) is 36.5 Å². The van der Waals surface area contributed by atoms with Gasteiger partial charge in [-0.25, -0.2) is 9.97 Å². The number of aryl methyl sites for hydroxylation is 2. The van der Waals surface area contributed by atoms with Gasteiger partial charge in [0.2, 0.25) is 0 Å². The molecule has 1 aliphatic rings. The van der Waals surface area contributed by atoms with Gasteiger partial charge < -0.3 is 16.0 Å². The molecule has 5 N–H and O–H groups in total. The monoisotopic (exact) mass is 766 g/mol. The van der Waals surface area contributed by atoms with Crippen molar-refractivity contribution in [2.75, 3.05) is 18.0 Å². The molecule has 1 aliphatic heterocycles. The molecule has 7 aromatic rings. The number of carbonyl (C=O) groups excluding carboxylic acids is 1. The molecule has 0 unspecified atom stereocenters. The molecule has 2 aromatic heterocycles. The summed E-state index contributed by atoms with van der Waals surface area (Å²) in [5, 5.41) is 7.83. The maximum absolute atomic E-state index is 14.5. The van der Waals surface area contributed by atoms with Crippen molar-refractivity contribution in [2.24, 2.45) is 11.5 Å². The average Bonchev–Trinajstić information content (AvgIpc) is 3.62. The third-order valence-electron chi connectivity index (χ3n) is 11.7. The first-order chi connectivity index (χ1) is 28.4. The molecule has 0 radical (unpaired) electrons. The smallest absolute Gasteiger partial charge is 0.259 e. The largest absolute Gasteiger partial charge is 0.384 e. The topological polar surface area (TPSA) is 130 Å². The summed E-state index contributed by atoms with van der Waals surface area (Å²) in [6.45, 7) is 4.53. The molecular formula is C49H50N8O. The van der Waals surface area contributed by atoms with E-state index in [-0.39, 0.29) is 17.2 Å². The third kappa shape index (κ3) is 8.61. The second-order valence-corrected chi connectivity index (χ2v) is 15.4. The van der Waals surface area contributed by atoms with Crippen molar-refractivity contribution in [2.45, 2.75) is 57.3 Å². The molecule has 9 heteroatoms. The van der Waals surface area contributed by atoms with Gasteiger partial charge in [0, 0.05) is 48.8 Å². The summed E-state index contributed by atoms with van der Waals surface area (Å²) in [6, 6.07) is 49.3. The number of nitrogens with two attached hydrogens (primary N) is 2. The summed E-state index contributed by atoms with van der Waals surface area (Å²) in [4.78, 5) is 28.7. The van der Waals surface area contributed by atoms with Crippen LogP contribution in [0, 0.1) is 5.41 Å². The van der Waals surface area contributed by atoms with Crippen LogP contribution in [0.5, 0.6) is 0 Å². The Hall–Kier alpha value is -6.42. The van der Waals surface area contributed by atoms with Crippen LogP contribution in [-0.2, 0) is 44.4 Å². The fourth-order valence-corrected chi connectivity index (χ4v) is 8.29. The van der Waals surface area contributed by atoms with Gasteiger partial charge in [-0.05, 0) is 90.5 Å². The molecule has 5 aromatic carbocycles. The zero-order valence-corrected chi connectivity index (χ0v) is 32.8. The highest BCUT2D eigenvalue weighted by molar-refractivity contribution is 6.07. The average molecular weight is 767 g/mol. The van der Waals surface area contributed by atoms with Crippen LogP contribution in [-0.4, -0.2) is 44.3 Å². The SMILES string of the molecule is N=C(N)c1ccc(CCc2nc3cc(C(=O)N(Cc4ccc(CN)cc4)c4ccccn4)ccc3n2CC2(c3ccccc3)CCN(Cc3ccccc3)CC2)cc1. The Labute approximate surface area is 340 Å². The minimum atomic E-state index is -0.142. The lowest BCUT2D eigenvalue weighted by atomic mass is 9.72. The Bertz CT molecular complexity index is 2460. The maximum atomic E-state index is 14.5. The Morgan fingerprint density at radius 1 is 0.724 bits per heavy atom. The number of amides is 1. The van der Waals surface area contributed by atoms with Gasteiger partial charge >= 0.3 is 0 Å². The fraction of sp³-hybridized carbons (Fsp3) is 0.224. The number of carbonyl (C=O) groups is 1. The molecular weight excluding hydrogens is 717 g/mol. The quantitative estimate of drug-likeness (QED) is 0.0759. The van der Waals surface area contributed by atoms with Crippen molar-refractivity contribution in [3.05, 3.63) is 197 Å². The lowest BCUT2D eigenvalue weighted by Crippen LogP contribution is -2.44. The summed E-state index contributed by atoms with van der Waals surface area (Å²) in [5.41, 5.74) is 20.5. The molecule has 0 bridgehead atoms. The Balaban J connectivity index is 1.14. The van der Waals surface area contributed by atoms with E-state index in [2.05, 4.69) is 81.2 Å². The molecule has 58 heavy (non-hydrogen) atoms. The highest BCUT2D eigenvalue weighted by Gasteiger charge is 2.37. The molecule has 0 saturated carbocycles. The molecule has 292 valence electrons. The van der Waals surface area contributed by atoms with Gasteiger partial charge in [0.15, 0.2) is 0 Å². The van der Waals surface area contributed by atoms with Crippen LogP contribution in [0.25, 0.3) is 11.0 Å². The molecule has 0 spiro atoms. The standard InChI is InChI=1S/C49H50N8O/c50-32-37-14-16-39(17-15-37)34-56(45-13-7-8-28-53-45)48(58)41-23-24-44-43(31-41)54-46(25-20-36-18-21-40(22-19-36)47(51)52)57(44)35-49(42-11-5-2-6-12-42)26-29-55(30-27-49)33-38-9-3-1-4-10-38/h1-19,21-24,28,31H,20,25-27,29-30,32-35,50H2,(H3,51,52). The number of hydrogen-bond acceptors (Lipinski definition) is 6. The third-order valence-corrected chi connectivity index (χ3v) is 11.7. The van der Waals surface area contributed by atoms with Crippen LogP contribution >= 0.6 is 0 Å². The first kappa shape index (κ1) is 38.5. The van der Waals surface area contributed by atoms with Gasteiger partial charge in [-0.1, -0.05) is 115 Å². The second-order valence-electron chi connectivity index (χ2n) is 15.4. The number of benzene rings is 5. The van der Waals surface area contributed by atoms with Gasteiger partial charge in [0.1, 0.15) is 17.5 Å². The van der Waals surface area contributed by atoms with Gasteiger partial charge in [0.25, 0.3) is 5.91 Å². The number of fused-ring (bicyclic) bond motifs is 1. The van der Waals surface area contributed by atoms with Gasteiger partial charge in [-0.15, -0.1) is 0 Å². The first-order valence-corrected chi connectivity index (χ1v) is 20.1. The molecule has 9 nitrogen and oxygen atoms in total. The van der Waals surface area contributed by atoms with Crippen molar-refractivity contribution in [1.82, 2.24) is 19.4 Å². The van der Waals surface area contributed by atoms with E-state index < -0.39 is 0 Å². The summed E-state index contributed by atoms with van der Waals surface area (Å²) >= 11 is 0. The predicted octanol–water partition coefficient (Wildman–Crippen LogP) is 8.04. The number of hydrogen-bond donors (Lipinski definition) is 3. The van der Waals surface area contributed by atoms with Crippen LogP contribution in [0.15, 0.2) is 152 Å². The van der Waals surface area contributed by atoms with Crippen molar-refractivity contribution in [3.63, 3.8) is 0 Å². The van der Waals surface area contributed by atoms with E-state index in [1.165, 1.54) is 11.1 Å². The van der Waals surface area contributed by atoms with E-state index >= 15 is 0 Å². The van der Waals surface area contributed by atoms with Crippen molar-refractivity contribution >= 4 is 28.6 Å². The first-order valence-electron chi connectivity index (χ1n) is 20.1. The molecule has 8 rings (SSSR count). The van der Waals surface area contributed by atoms with Crippen LogP contribution < -0.4 is 16.4 Å². The number of piperidine rings is 1. The second kappa shape index (κ2) is 17.4. The zero-order chi connectivity index (χ0) is 39.9. The van der Waals surface area contributed by atoms with Crippen LogP contribution in [0.1, 0.15) is 62.4 Å². The predicted molar refractivity (Wildman–Crippen MR) is 233 cm³/mol. The minimum absolute atomic E-state index is 0.0610. The number of amidine groups is 1. The van der Waals surface area contributed by atoms with Crippen LogP contribution in [0.3, 0.4) is 0 Å². The van der Waals surface area contributed by atoms with Crippen LogP contribution in [0.2, 0.25) is 0 Å². The molecule has 1 saturated heterocycles. The zero-order valence-electron chi connectivity index (χ0n) is 32.8. The Morgan fingerprint density at radius 2 is 1.38 bits per heavy atom. The number of nitrogens with one attached hydrogen (secondary N) is 1. The number of anilines is 1. The number of nitrogens with zero attached hydrogens (tertiary/aromatic N) is 5. The molecule has 0 atom stereocenters. The number of aromatic nitrogens is 3. The van der Waals surface area contributed by atoms with E-state index in [1.54, 1.807) is 11.1 Å². The van der Waals surface area contributed by atoms with Crippen molar-refractivity contribution in [3.8, 4) is 0 Å². The Morgan fingerprint density at radius 3 is 2.05 bits per heavy atom. The molecule has 1 amide bonds. The summed E-state index contributed by atoms with van der Waals surface area (Å²) in [6.07, 6.45) is 5.22. The normalized spacial score (nSPS) is 14.0. The number of likely N-dealkylation sites (tertiary alicyclic amines) is 1. The highest BCUT2D eigenvalue weighted by Crippen LogP contribution is 2.39. The number of imidazole rings is 1. The lowest BCUT2D eigenvalue weighted by Gasteiger charge is -2.43.